The van der Waals surface area contributed by atoms with Crippen molar-refractivity contribution in [3.8, 4) is 0 Å². The van der Waals surface area contributed by atoms with Gasteiger partial charge in [0.05, 0.1) is 5.75 Å². The van der Waals surface area contributed by atoms with Crippen molar-refractivity contribution >= 4 is 15.7 Å². The third-order valence-corrected chi connectivity index (χ3v) is 2.67. The Bertz CT molecular complexity index is 219. The van der Waals surface area contributed by atoms with E-state index in [0.29, 0.717) is 6.54 Å². The molecule has 0 aromatic heterocycles. The predicted octanol–water partition coefficient (Wildman–Crippen LogP) is -1.02. The molecule has 1 saturated heterocycles. The first-order chi connectivity index (χ1) is 4.10. The number of nitrogens with one attached hydrogen (secondary N) is 2. The Hall–Kier alpha value is -0.580. The van der Waals surface area contributed by atoms with Crippen LogP contribution in [0.2, 0.25) is 0 Å². The highest BCUT2D eigenvalue weighted by Crippen LogP contribution is 1.93. The predicted molar refractivity (Wildman–Crippen MR) is 34.4 cm³/mol. The van der Waals surface area contributed by atoms with E-state index in [-0.39, 0.29) is 17.3 Å². The Morgan fingerprint density at radius 2 is 2.22 bits per heavy atom. The van der Waals surface area contributed by atoms with Crippen LogP contribution >= 0.6 is 0 Å². The molecule has 0 amide bonds. The summed E-state index contributed by atoms with van der Waals surface area (Å²) in [5.41, 5.74) is 0. The molecular weight excluding hydrogens is 140 g/mol. The lowest BCUT2D eigenvalue weighted by Gasteiger charge is -2.13. The van der Waals surface area contributed by atoms with Crippen molar-refractivity contribution in [3.05, 3.63) is 0 Å². The Morgan fingerprint density at radius 3 is 2.56 bits per heavy atom. The van der Waals surface area contributed by atoms with Gasteiger partial charge in [-0.3, -0.25) is 5.41 Å². The van der Waals surface area contributed by atoms with E-state index >= 15 is 0 Å². The van der Waals surface area contributed by atoms with Crippen molar-refractivity contribution in [3.63, 3.8) is 0 Å². The molecule has 0 radical (unpaired) electrons. The molecule has 2 N–H and O–H groups in total. The Balaban J connectivity index is 2.73. The van der Waals surface area contributed by atoms with Gasteiger partial charge >= 0.3 is 0 Å². The van der Waals surface area contributed by atoms with Crippen LogP contribution in [0, 0.1) is 5.41 Å². The molecule has 5 heteroatoms. The molecule has 1 aliphatic heterocycles. The second kappa shape index (κ2) is 1.98. The minimum absolute atomic E-state index is 0.112. The van der Waals surface area contributed by atoms with Crippen LogP contribution in [-0.2, 0) is 9.84 Å². The first-order valence-electron chi connectivity index (χ1n) is 2.62. The summed E-state index contributed by atoms with van der Waals surface area (Å²) in [7, 11) is -2.92. The molecule has 1 aliphatic rings. The number of sulfone groups is 1. The Kier molecular flexibility index (Phi) is 1.44. The van der Waals surface area contributed by atoms with Gasteiger partial charge in [-0.1, -0.05) is 0 Å². The lowest BCUT2D eigenvalue weighted by Crippen LogP contribution is -2.40. The van der Waals surface area contributed by atoms with Crippen LogP contribution in [0.1, 0.15) is 0 Å². The van der Waals surface area contributed by atoms with E-state index in [1.54, 1.807) is 0 Å². The minimum atomic E-state index is -2.92. The zero-order valence-corrected chi connectivity index (χ0v) is 5.66. The van der Waals surface area contributed by atoms with E-state index in [0.717, 1.165) is 0 Å². The summed E-state index contributed by atoms with van der Waals surface area (Å²) >= 11 is 0. The fourth-order valence-electron chi connectivity index (χ4n) is 0.701. The van der Waals surface area contributed by atoms with E-state index in [2.05, 4.69) is 5.32 Å². The highest BCUT2D eigenvalue weighted by atomic mass is 32.2. The molecular formula is C4H8N2O2S. The van der Waals surface area contributed by atoms with Crippen molar-refractivity contribution in [1.82, 2.24) is 5.32 Å². The molecule has 52 valence electrons. The standard InChI is InChI=1S/C4H8N2O2S/c5-4-3-9(7,8)2-1-6-4/h1-3H2,(H2,5,6). The Labute approximate surface area is 53.7 Å². The summed E-state index contributed by atoms with van der Waals surface area (Å²) in [6.45, 7) is 0.390. The minimum Gasteiger partial charge on any atom is -0.372 e. The molecule has 0 aromatic carbocycles. The van der Waals surface area contributed by atoms with E-state index < -0.39 is 9.84 Å². The zero-order chi connectivity index (χ0) is 6.91. The number of hydrogen-bond donors (Lipinski definition) is 2. The van der Waals surface area contributed by atoms with Gasteiger partial charge in [-0.25, -0.2) is 8.42 Å². The van der Waals surface area contributed by atoms with Crippen LogP contribution in [0.25, 0.3) is 0 Å². The summed E-state index contributed by atoms with van der Waals surface area (Å²) in [5.74, 6) is 0.156. The quantitative estimate of drug-likeness (QED) is 0.462. The van der Waals surface area contributed by atoms with Crippen molar-refractivity contribution in [2.24, 2.45) is 0 Å². The SMILES string of the molecule is N=C1CS(=O)(=O)CCN1. The topological polar surface area (TPSA) is 70.0 Å². The third-order valence-electron chi connectivity index (χ3n) is 1.12. The van der Waals surface area contributed by atoms with Crippen molar-refractivity contribution < 1.29 is 8.42 Å². The maximum absolute atomic E-state index is 10.7. The van der Waals surface area contributed by atoms with Gasteiger partial charge in [-0.05, 0) is 0 Å². The molecule has 0 bridgehead atoms. The number of hydrogen-bond acceptors (Lipinski definition) is 3. The molecule has 1 heterocycles. The normalized spacial score (nSPS) is 25.1. The number of amidine groups is 1. The van der Waals surface area contributed by atoms with Crippen LogP contribution in [0.15, 0.2) is 0 Å². The molecule has 1 fully saturated rings. The van der Waals surface area contributed by atoms with Gasteiger partial charge < -0.3 is 5.32 Å². The van der Waals surface area contributed by atoms with Crippen molar-refractivity contribution in [1.29, 1.82) is 5.41 Å². The lowest BCUT2D eigenvalue weighted by molar-refractivity contribution is 0.595. The van der Waals surface area contributed by atoms with Gasteiger partial charge in [-0.2, -0.15) is 0 Å². The van der Waals surface area contributed by atoms with Gasteiger partial charge in [0.2, 0.25) is 0 Å². The molecule has 4 nitrogen and oxygen atoms in total. The zero-order valence-electron chi connectivity index (χ0n) is 4.85. The fourth-order valence-corrected chi connectivity index (χ4v) is 1.80. The van der Waals surface area contributed by atoms with Gasteiger partial charge in [-0.15, -0.1) is 0 Å². The van der Waals surface area contributed by atoms with Crippen LogP contribution < -0.4 is 5.32 Å². The lowest BCUT2D eigenvalue weighted by atomic mass is 10.6. The van der Waals surface area contributed by atoms with Crippen LogP contribution in [0.4, 0.5) is 0 Å². The molecule has 0 atom stereocenters. The smallest absolute Gasteiger partial charge is 0.159 e. The van der Waals surface area contributed by atoms with Crippen LogP contribution in [-0.4, -0.2) is 32.3 Å². The van der Waals surface area contributed by atoms with Gasteiger partial charge in [0.15, 0.2) is 9.84 Å². The van der Waals surface area contributed by atoms with E-state index in [9.17, 15) is 8.42 Å². The van der Waals surface area contributed by atoms with E-state index in [1.165, 1.54) is 0 Å². The van der Waals surface area contributed by atoms with E-state index in [1.807, 2.05) is 0 Å². The highest BCUT2D eigenvalue weighted by molar-refractivity contribution is 7.92. The summed E-state index contributed by atoms with van der Waals surface area (Å²) in [6.07, 6.45) is 0. The van der Waals surface area contributed by atoms with E-state index in [4.69, 9.17) is 5.41 Å². The van der Waals surface area contributed by atoms with Crippen LogP contribution in [0.3, 0.4) is 0 Å². The fraction of sp³-hybridized carbons (Fsp3) is 0.750. The van der Waals surface area contributed by atoms with Gasteiger partial charge in [0, 0.05) is 6.54 Å². The third kappa shape index (κ3) is 1.67. The maximum Gasteiger partial charge on any atom is 0.159 e. The van der Waals surface area contributed by atoms with Gasteiger partial charge in [0.1, 0.15) is 11.6 Å². The largest absolute Gasteiger partial charge is 0.372 e. The van der Waals surface area contributed by atoms with Crippen molar-refractivity contribution in [2.75, 3.05) is 18.1 Å². The monoisotopic (exact) mass is 148 g/mol. The molecule has 0 aliphatic carbocycles. The molecule has 9 heavy (non-hydrogen) atoms. The number of rotatable bonds is 0. The second-order valence-electron chi connectivity index (χ2n) is 2.00. The van der Waals surface area contributed by atoms with Crippen molar-refractivity contribution in [2.45, 2.75) is 0 Å². The highest BCUT2D eigenvalue weighted by Gasteiger charge is 2.18. The van der Waals surface area contributed by atoms with Crippen LogP contribution in [0.5, 0.6) is 0 Å². The average Bonchev–Trinajstić information content (AvgIpc) is 1.60. The Morgan fingerprint density at radius 1 is 1.56 bits per heavy atom. The molecule has 0 spiro atoms. The second-order valence-corrected chi connectivity index (χ2v) is 4.18. The molecule has 0 aromatic rings. The molecule has 1 rings (SSSR count). The first-order valence-corrected chi connectivity index (χ1v) is 4.44. The van der Waals surface area contributed by atoms with Gasteiger partial charge in [0.25, 0.3) is 0 Å². The molecule has 0 unspecified atom stereocenters. The summed E-state index contributed by atoms with van der Waals surface area (Å²) in [5, 5.41) is 9.60. The molecule has 0 saturated carbocycles. The average molecular weight is 148 g/mol. The maximum atomic E-state index is 10.7. The first kappa shape index (κ1) is 6.54. The summed E-state index contributed by atoms with van der Waals surface area (Å²) < 4.78 is 21.4. The summed E-state index contributed by atoms with van der Waals surface area (Å²) in [4.78, 5) is 0. The summed E-state index contributed by atoms with van der Waals surface area (Å²) in [6, 6.07) is 0.